The molecule has 0 radical (unpaired) electrons. The highest BCUT2D eigenvalue weighted by Gasteiger charge is 2.33. The molecule has 2 N–H and O–H groups in total. The van der Waals surface area contributed by atoms with Crippen LogP contribution in [-0.2, 0) is 11.0 Å². The molecule has 36 heavy (non-hydrogen) atoms. The van der Waals surface area contributed by atoms with E-state index in [1.807, 2.05) is 36.4 Å². The van der Waals surface area contributed by atoms with Gasteiger partial charge in [0.05, 0.1) is 23.4 Å². The number of hydrogen-bond acceptors (Lipinski definition) is 6. The zero-order valence-corrected chi connectivity index (χ0v) is 19.6. The van der Waals surface area contributed by atoms with E-state index < -0.39 is 41.6 Å². The molecule has 0 aliphatic heterocycles. The number of nitrogens with one attached hydrogen (secondary N) is 2. The molecule has 0 atom stereocenters. The van der Waals surface area contributed by atoms with Crippen LogP contribution in [0.3, 0.4) is 0 Å². The molecule has 0 spiro atoms. The van der Waals surface area contributed by atoms with Crippen LogP contribution in [0, 0.1) is 6.92 Å². The van der Waals surface area contributed by atoms with E-state index in [9.17, 15) is 32.7 Å². The first kappa shape index (κ1) is 26.2. The molecule has 0 bridgehead atoms. The summed E-state index contributed by atoms with van der Waals surface area (Å²) in [6.07, 6.45) is -5.54. The van der Waals surface area contributed by atoms with Gasteiger partial charge in [0.25, 0.3) is 0 Å². The van der Waals surface area contributed by atoms with Crippen LogP contribution < -0.4 is 20.6 Å². The first-order valence-electron chi connectivity index (χ1n) is 10.6. The summed E-state index contributed by atoms with van der Waals surface area (Å²) < 4.78 is 39.9. The number of hydrogen-bond donors (Lipinski definition) is 2. The van der Waals surface area contributed by atoms with Crippen LogP contribution in [-0.4, -0.2) is 36.9 Å². The van der Waals surface area contributed by atoms with Gasteiger partial charge in [-0.1, -0.05) is 18.2 Å². The van der Waals surface area contributed by atoms with E-state index in [-0.39, 0.29) is 16.8 Å². The molecule has 2 amide bonds. The van der Waals surface area contributed by atoms with Crippen molar-refractivity contribution in [3.8, 4) is 11.1 Å². The summed E-state index contributed by atoms with van der Waals surface area (Å²) in [6, 6.07) is 11.7. The summed E-state index contributed by atoms with van der Waals surface area (Å²) in [5.41, 5.74) is -0.426. The molecule has 188 valence electrons. The van der Waals surface area contributed by atoms with Gasteiger partial charge in [0.15, 0.2) is 5.78 Å². The lowest BCUT2D eigenvalue weighted by Gasteiger charge is -2.18. The van der Waals surface area contributed by atoms with Gasteiger partial charge >= 0.3 is 6.18 Å². The largest absolute Gasteiger partial charge is 0.530 e. The van der Waals surface area contributed by atoms with Crippen LogP contribution in [0.2, 0.25) is 0 Å². The fraction of sp³-hybridized carbons (Fsp3) is 0.200. The molecule has 2 aromatic carbocycles. The Balaban J connectivity index is 1.80. The highest BCUT2D eigenvalue weighted by molar-refractivity contribution is 6.12. The summed E-state index contributed by atoms with van der Waals surface area (Å²) in [4.78, 5) is 42.4. The number of halogens is 3. The van der Waals surface area contributed by atoms with E-state index in [4.69, 9.17) is 0 Å². The fourth-order valence-corrected chi connectivity index (χ4v) is 3.47. The Hall–Kier alpha value is -4.41. The van der Waals surface area contributed by atoms with Gasteiger partial charge in [-0.25, -0.2) is 4.98 Å². The number of alkyl halides is 3. The first-order chi connectivity index (χ1) is 16.8. The molecule has 0 saturated heterocycles. The molecule has 3 rings (SSSR count). The lowest BCUT2D eigenvalue weighted by Crippen LogP contribution is -2.29. The number of ketones is 1. The molecule has 0 aliphatic carbocycles. The van der Waals surface area contributed by atoms with Crippen LogP contribution in [0.1, 0.15) is 27.9 Å². The highest BCUT2D eigenvalue weighted by atomic mass is 19.4. The van der Waals surface area contributed by atoms with Crippen molar-refractivity contribution in [3.05, 3.63) is 71.4 Å². The van der Waals surface area contributed by atoms with Gasteiger partial charge in [0, 0.05) is 31.4 Å². The molecule has 3 aromatic rings. The Morgan fingerprint density at radius 3 is 2.25 bits per heavy atom. The molecule has 11 heteroatoms. The van der Waals surface area contributed by atoms with E-state index in [0.29, 0.717) is 11.6 Å². The molecule has 1 heterocycles. The summed E-state index contributed by atoms with van der Waals surface area (Å²) in [5, 5.41) is 15.0. The number of Topliss-reactive ketones (excluding diaryl/α,β-unsaturated/α-hetero) is 1. The fourth-order valence-electron chi connectivity index (χ4n) is 3.47. The van der Waals surface area contributed by atoms with Gasteiger partial charge in [-0.15, -0.1) is 0 Å². The third kappa shape index (κ3) is 6.38. The van der Waals surface area contributed by atoms with E-state index in [1.54, 1.807) is 24.4 Å². The minimum absolute atomic E-state index is 0.215. The van der Waals surface area contributed by atoms with Gasteiger partial charge in [-0.2, -0.15) is 13.2 Å². The number of carbonyl (C=O) groups is 3. The van der Waals surface area contributed by atoms with Gasteiger partial charge in [0.2, 0.25) is 5.91 Å². The van der Waals surface area contributed by atoms with E-state index in [0.717, 1.165) is 24.4 Å². The molecular weight excluding hydrogens is 477 g/mol. The molecule has 0 fully saturated rings. The number of pyridine rings is 1. The minimum Gasteiger partial charge on any atom is -0.530 e. The van der Waals surface area contributed by atoms with E-state index in [2.05, 4.69) is 10.3 Å². The number of carbonyl (C=O) groups excluding carboxylic acids is 3. The first-order valence-corrected chi connectivity index (χ1v) is 10.6. The zero-order valence-electron chi connectivity index (χ0n) is 19.6. The quantitative estimate of drug-likeness (QED) is 0.374. The monoisotopic (exact) mass is 499 g/mol. The summed E-state index contributed by atoms with van der Waals surface area (Å²) in [6.45, 7) is 1.15. The summed E-state index contributed by atoms with van der Waals surface area (Å²) in [7, 11) is 3.70. The van der Waals surface area contributed by atoms with Crippen LogP contribution in [0.5, 0.6) is 0 Å². The third-order valence-electron chi connectivity index (χ3n) is 5.23. The number of nitrogens with zero attached hydrogens (tertiary/aromatic N) is 2. The van der Waals surface area contributed by atoms with Crippen molar-refractivity contribution >= 4 is 35.0 Å². The van der Waals surface area contributed by atoms with Crippen molar-refractivity contribution < 1.29 is 32.7 Å². The highest BCUT2D eigenvalue weighted by Crippen LogP contribution is 2.37. The second-order valence-corrected chi connectivity index (χ2v) is 8.15. The van der Waals surface area contributed by atoms with Gasteiger partial charge in [-0.05, 0) is 48.4 Å². The van der Waals surface area contributed by atoms with Crippen molar-refractivity contribution in [3.63, 3.8) is 0 Å². The molecule has 0 unspecified atom stereocenters. The van der Waals surface area contributed by atoms with Crippen molar-refractivity contribution in [2.24, 2.45) is 0 Å². The molecule has 0 aliphatic rings. The maximum Gasteiger partial charge on any atom is 0.416 e. The Kier molecular flexibility index (Phi) is 7.62. The SMILES string of the molecule is Cc1cc(NC(=O)[O-])c(NC(=O)CC(=O)c2cccc(-c3ccc(N(C)C)nc3)c2)cc1C(F)(F)F. The Bertz CT molecular complexity index is 1310. The predicted molar refractivity (Wildman–Crippen MR) is 127 cm³/mol. The van der Waals surface area contributed by atoms with Crippen LogP contribution in [0.4, 0.5) is 35.2 Å². The van der Waals surface area contributed by atoms with Crippen molar-refractivity contribution in [1.82, 2.24) is 4.98 Å². The number of rotatable bonds is 7. The smallest absolute Gasteiger partial charge is 0.416 e. The lowest BCUT2D eigenvalue weighted by molar-refractivity contribution is -0.242. The third-order valence-corrected chi connectivity index (χ3v) is 5.23. The van der Waals surface area contributed by atoms with Gasteiger partial charge in [-0.3, -0.25) is 9.59 Å². The minimum atomic E-state index is -4.74. The van der Waals surface area contributed by atoms with Crippen molar-refractivity contribution in [1.29, 1.82) is 0 Å². The predicted octanol–water partition coefficient (Wildman–Crippen LogP) is 4.11. The lowest BCUT2D eigenvalue weighted by atomic mass is 10.0. The normalized spacial score (nSPS) is 11.1. The Labute approximate surface area is 204 Å². The Morgan fingerprint density at radius 2 is 1.67 bits per heavy atom. The number of benzene rings is 2. The molecule has 0 saturated carbocycles. The summed E-state index contributed by atoms with van der Waals surface area (Å²) >= 11 is 0. The number of carboxylic acid groups (broad SMARTS) is 1. The number of anilines is 3. The van der Waals surface area contributed by atoms with Gasteiger partial charge in [0.1, 0.15) is 11.9 Å². The summed E-state index contributed by atoms with van der Waals surface area (Å²) in [5.74, 6) is -0.745. The Morgan fingerprint density at radius 1 is 0.972 bits per heavy atom. The second-order valence-electron chi connectivity index (χ2n) is 8.15. The topological polar surface area (TPSA) is 114 Å². The van der Waals surface area contributed by atoms with Crippen molar-refractivity contribution in [2.75, 3.05) is 29.6 Å². The van der Waals surface area contributed by atoms with Gasteiger partial charge < -0.3 is 25.4 Å². The number of amides is 2. The van der Waals surface area contributed by atoms with Crippen LogP contribution in [0.25, 0.3) is 11.1 Å². The second kappa shape index (κ2) is 10.5. The average Bonchev–Trinajstić information content (AvgIpc) is 2.79. The standard InChI is InChI=1S/C25H23F3N4O4/c1-14-9-19(31-24(35)36)20(11-18(14)25(26,27)28)30-23(34)12-21(33)16-6-4-5-15(10-16)17-7-8-22(29-13-17)32(2)3/h4-11,13,31H,12H2,1-3H3,(H,30,34)(H,35,36)/p-1. The molecule has 8 nitrogen and oxygen atoms in total. The maximum atomic E-state index is 13.3. The van der Waals surface area contributed by atoms with E-state index in [1.165, 1.54) is 6.07 Å². The molecular formula is C25H22F3N4O4-. The zero-order chi connectivity index (χ0) is 26.6. The van der Waals surface area contributed by atoms with Crippen LogP contribution in [0.15, 0.2) is 54.7 Å². The molecule has 1 aromatic heterocycles. The maximum absolute atomic E-state index is 13.3. The van der Waals surface area contributed by atoms with Crippen molar-refractivity contribution in [2.45, 2.75) is 19.5 Å². The number of aromatic nitrogens is 1. The van der Waals surface area contributed by atoms with Crippen LogP contribution >= 0.6 is 0 Å². The number of aryl methyl sites for hydroxylation is 1. The van der Waals surface area contributed by atoms with E-state index >= 15 is 0 Å². The average molecular weight is 499 g/mol.